The van der Waals surface area contributed by atoms with Crippen molar-refractivity contribution in [2.75, 3.05) is 16.6 Å². The molecule has 2 amide bonds. The Morgan fingerprint density at radius 1 is 0.943 bits per heavy atom. The van der Waals surface area contributed by atoms with E-state index in [2.05, 4.69) is 15.4 Å². The number of benzene rings is 2. The van der Waals surface area contributed by atoms with Crippen LogP contribution in [-0.4, -0.2) is 26.8 Å². The van der Waals surface area contributed by atoms with E-state index in [-0.39, 0.29) is 28.5 Å². The van der Waals surface area contributed by atoms with Crippen molar-refractivity contribution >= 4 is 33.2 Å². The molecular weight excluding hydrogens is 462 g/mol. The van der Waals surface area contributed by atoms with Crippen molar-refractivity contribution in [3.8, 4) is 0 Å². The minimum Gasteiger partial charge on any atom is -0.355 e. The summed E-state index contributed by atoms with van der Waals surface area (Å²) in [6, 6.07) is 13.3. The number of sulfonamides is 1. The Balaban J connectivity index is 1.15. The molecule has 2 aromatic carbocycles. The van der Waals surface area contributed by atoms with E-state index in [1.54, 1.807) is 43.3 Å². The standard InChI is InChI=1S/C27H33N3O4S/c1-18-7-8-22(14-24(18)30-35(33,34)23-5-3-2-4-6-23)29-25(31)9-10-28-26(32)27-15-19-11-20(16-27)13-21(12-19)17-27/h2-8,14,19-21,30H,9-13,15-17H2,1H3,(H,28,32)(H,29,31). The lowest BCUT2D eigenvalue weighted by Gasteiger charge is -2.55. The monoisotopic (exact) mass is 495 g/mol. The van der Waals surface area contributed by atoms with E-state index in [9.17, 15) is 18.0 Å². The maximum absolute atomic E-state index is 13.1. The van der Waals surface area contributed by atoms with E-state index in [1.807, 2.05) is 0 Å². The van der Waals surface area contributed by atoms with Crippen molar-refractivity contribution in [3.05, 3.63) is 54.1 Å². The van der Waals surface area contributed by atoms with Gasteiger partial charge in [0.15, 0.2) is 0 Å². The Kier molecular flexibility index (Phi) is 6.34. The molecule has 4 fully saturated rings. The predicted molar refractivity (Wildman–Crippen MR) is 135 cm³/mol. The molecule has 4 saturated carbocycles. The number of rotatable bonds is 8. The zero-order valence-electron chi connectivity index (χ0n) is 20.0. The molecule has 7 nitrogen and oxygen atoms in total. The highest BCUT2D eigenvalue weighted by Crippen LogP contribution is 2.60. The van der Waals surface area contributed by atoms with Gasteiger partial charge < -0.3 is 10.6 Å². The van der Waals surface area contributed by atoms with Crippen LogP contribution < -0.4 is 15.4 Å². The Hall–Kier alpha value is -2.87. The molecule has 0 radical (unpaired) electrons. The number of hydrogen-bond donors (Lipinski definition) is 3. The number of carbonyl (C=O) groups is 2. The summed E-state index contributed by atoms with van der Waals surface area (Å²) in [5.74, 6) is 2.00. The first-order chi connectivity index (χ1) is 16.7. The number of anilines is 2. The minimum atomic E-state index is -3.73. The van der Waals surface area contributed by atoms with Gasteiger partial charge in [-0.2, -0.15) is 0 Å². The molecule has 4 aliphatic carbocycles. The maximum Gasteiger partial charge on any atom is 0.261 e. The van der Waals surface area contributed by atoms with Crippen LogP contribution in [0.3, 0.4) is 0 Å². The average molecular weight is 496 g/mol. The highest BCUT2D eigenvalue weighted by Gasteiger charge is 2.54. The van der Waals surface area contributed by atoms with Crippen molar-refractivity contribution in [2.24, 2.45) is 23.2 Å². The fraction of sp³-hybridized carbons (Fsp3) is 0.481. The first-order valence-electron chi connectivity index (χ1n) is 12.5. The third kappa shape index (κ3) is 5.08. The van der Waals surface area contributed by atoms with Crippen molar-refractivity contribution in [3.63, 3.8) is 0 Å². The quantitative estimate of drug-likeness (QED) is 0.503. The second kappa shape index (κ2) is 9.30. The van der Waals surface area contributed by atoms with Crippen LogP contribution in [0, 0.1) is 30.1 Å². The van der Waals surface area contributed by atoms with Crippen LogP contribution in [0.25, 0.3) is 0 Å². The molecule has 3 N–H and O–H groups in total. The van der Waals surface area contributed by atoms with Gasteiger partial charge in [-0.25, -0.2) is 8.42 Å². The number of hydrogen-bond acceptors (Lipinski definition) is 4. The second-order valence-corrected chi connectivity index (χ2v) is 12.4. The fourth-order valence-electron chi connectivity index (χ4n) is 6.70. The summed E-state index contributed by atoms with van der Waals surface area (Å²) in [7, 11) is -3.73. The van der Waals surface area contributed by atoms with E-state index in [0.29, 0.717) is 35.7 Å². The third-order valence-electron chi connectivity index (χ3n) is 7.98. The maximum atomic E-state index is 13.1. The van der Waals surface area contributed by atoms with Gasteiger partial charge in [0, 0.05) is 24.1 Å². The van der Waals surface area contributed by atoms with Crippen LogP contribution >= 0.6 is 0 Å². The molecule has 4 aliphatic rings. The number of carbonyl (C=O) groups excluding carboxylic acids is 2. The molecule has 4 bridgehead atoms. The zero-order valence-corrected chi connectivity index (χ0v) is 20.9. The molecule has 2 aromatic rings. The van der Waals surface area contributed by atoms with Crippen molar-refractivity contribution in [2.45, 2.75) is 56.8 Å². The van der Waals surface area contributed by atoms with E-state index in [0.717, 1.165) is 24.8 Å². The number of nitrogens with one attached hydrogen (secondary N) is 3. The Bertz CT molecular complexity index is 1190. The summed E-state index contributed by atoms with van der Waals surface area (Å²) in [5, 5.41) is 5.85. The Labute approximate surface area is 207 Å². The summed E-state index contributed by atoms with van der Waals surface area (Å²) in [6.07, 6.45) is 7.03. The van der Waals surface area contributed by atoms with Gasteiger partial charge in [-0.15, -0.1) is 0 Å². The predicted octanol–water partition coefficient (Wildman–Crippen LogP) is 4.46. The average Bonchev–Trinajstić information content (AvgIpc) is 2.81. The SMILES string of the molecule is Cc1ccc(NC(=O)CCNC(=O)C23CC4CC(CC(C4)C2)C3)cc1NS(=O)(=O)c1ccccc1. The Morgan fingerprint density at radius 3 is 2.20 bits per heavy atom. The van der Waals surface area contributed by atoms with Gasteiger partial charge >= 0.3 is 0 Å². The summed E-state index contributed by atoms with van der Waals surface area (Å²) < 4.78 is 28.0. The third-order valence-corrected chi connectivity index (χ3v) is 9.36. The zero-order chi connectivity index (χ0) is 24.6. The molecule has 0 aliphatic heterocycles. The van der Waals surface area contributed by atoms with Crippen LogP contribution in [-0.2, 0) is 19.6 Å². The van der Waals surface area contributed by atoms with Gasteiger partial charge in [-0.3, -0.25) is 14.3 Å². The van der Waals surface area contributed by atoms with E-state index >= 15 is 0 Å². The van der Waals surface area contributed by atoms with E-state index < -0.39 is 10.0 Å². The summed E-state index contributed by atoms with van der Waals surface area (Å²) >= 11 is 0. The molecule has 6 rings (SSSR count). The smallest absolute Gasteiger partial charge is 0.261 e. The molecule has 0 spiro atoms. The highest BCUT2D eigenvalue weighted by molar-refractivity contribution is 7.92. The summed E-state index contributed by atoms with van der Waals surface area (Å²) in [4.78, 5) is 25.8. The van der Waals surface area contributed by atoms with Gasteiger partial charge in [0.05, 0.1) is 10.6 Å². The lowest BCUT2D eigenvalue weighted by Crippen LogP contribution is -2.53. The van der Waals surface area contributed by atoms with Crippen molar-refractivity contribution in [1.82, 2.24) is 5.32 Å². The minimum absolute atomic E-state index is 0.123. The van der Waals surface area contributed by atoms with E-state index in [1.165, 1.54) is 31.4 Å². The molecule has 8 heteroatoms. The van der Waals surface area contributed by atoms with Crippen LogP contribution in [0.1, 0.15) is 50.5 Å². The van der Waals surface area contributed by atoms with Crippen molar-refractivity contribution in [1.29, 1.82) is 0 Å². The fourth-order valence-corrected chi connectivity index (χ4v) is 7.85. The first-order valence-corrected chi connectivity index (χ1v) is 14.0. The van der Waals surface area contributed by atoms with Gasteiger partial charge in [0.25, 0.3) is 10.0 Å². The first kappa shape index (κ1) is 23.9. The molecule has 0 unspecified atom stereocenters. The summed E-state index contributed by atoms with van der Waals surface area (Å²) in [6.45, 7) is 2.10. The van der Waals surface area contributed by atoms with Gasteiger partial charge in [-0.05, 0) is 93.0 Å². The molecule has 0 aromatic heterocycles. The van der Waals surface area contributed by atoms with E-state index in [4.69, 9.17) is 0 Å². The summed E-state index contributed by atoms with van der Waals surface area (Å²) in [5.41, 5.74) is 1.43. The molecule has 35 heavy (non-hydrogen) atoms. The van der Waals surface area contributed by atoms with Gasteiger partial charge in [-0.1, -0.05) is 24.3 Å². The highest BCUT2D eigenvalue weighted by atomic mass is 32.2. The Morgan fingerprint density at radius 2 is 1.57 bits per heavy atom. The van der Waals surface area contributed by atoms with Gasteiger partial charge in [0.2, 0.25) is 11.8 Å². The largest absolute Gasteiger partial charge is 0.355 e. The topological polar surface area (TPSA) is 104 Å². The molecule has 0 heterocycles. The van der Waals surface area contributed by atoms with Crippen LogP contribution in [0.5, 0.6) is 0 Å². The number of aryl methyl sites for hydroxylation is 1. The molecule has 0 saturated heterocycles. The lowest BCUT2D eigenvalue weighted by atomic mass is 9.49. The number of amides is 2. The molecule has 186 valence electrons. The second-order valence-electron chi connectivity index (χ2n) is 10.7. The molecular formula is C27H33N3O4S. The normalized spacial score (nSPS) is 26.8. The molecule has 0 atom stereocenters. The van der Waals surface area contributed by atoms with Crippen molar-refractivity contribution < 1.29 is 18.0 Å². The van der Waals surface area contributed by atoms with Crippen LogP contribution in [0.15, 0.2) is 53.4 Å². The van der Waals surface area contributed by atoms with Crippen LogP contribution in [0.2, 0.25) is 0 Å². The lowest BCUT2D eigenvalue weighted by molar-refractivity contribution is -0.146. The van der Waals surface area contributed by atoms with Crippen LogP contribution in [0.4, 0.5) is 11.4 Å². The van der Waals surface area contributed by atoms with Gasteiger partial charge in [0.1, 0.15) is 0 Å².